The number of sulfone groups is 1. The highest BCUT2D eigenvalue weighted by atomic mass is 32.2. The number of rotatable bonds is 10. The molecule has 4 N–H and O–H groups in total. The molecule has 2 aromatic rings. The number of nitrogens with two attached hydrogens (primary N) is 1. The fourth-order valence-electron chi connectivity index (χ4n) is 2.42. The molecule has 0 fully saturated rings. The molecule has 0 saturated carbocycles. The van der Waals surface area contributed by atoms with Crippen LogP contribution in [-0.2, 0) is 25.8 Å². The van der Waals surface area contributed by atoms with Crippen LogP contribution in [0.15, 0.2) is 51.2 Å². The van der Waals surface area contributed by atoms with Gasteiger partial charge in [-0.2, -0.15) is 13.2 Å². The number of benzene rings is 1. The summed E-state index contributed by atoms with van der Waals surface area (Å²) in [6, 6.07) is 6.12. The van der Waals surface area contributed by atoms with Crippen LogP contribution >= 0.6 is 11.3 Å². The lowest BCUT2D eigenvalue weighted by molar-refractivity contribution is -0.136. The molecule has 8 nitrogen and oxygen atoms in total. The number of carboxylic acid groups (broad SMARTS) is 1. The molecular formula is C19H19F3N2O6S2. The Kier molecular flexibility index (Phi) is 8.04. The van der Waals surface area contributed by atoms with E-state index in [0.717, 1.165) is 6.07 Å². The third-order valence-corrected chi connectivity index (χ3v) is 7.24. The van der Waals surface area contributed by atoms with Gasteiger partial charge >= 0.3 is 12.1 Å². The molecule has 1 aromatic carbocycles. The zero-order valence-electron chi connectivity index (χ0n) is 16.6. The van der Waals surface area contributed by atoms with Gasteiger partial charge in [-0.25, -0.2) is 8.42 Å². The summed E-state index contributed by atoms with van der Waals surface area (Å²) < 4.78 is 73.9. The predicted molar refractivity (Wildman–Crippen MR) is 110 cm³/mol. The number of hydrogen-bond donors (Lipinski definition) is 3. The maximum atomic E-state index is 13.1. The van der Waals surface area contributed by atoms with Crippen molar-refractivity contribution >= 4 is 32.9 Å². The van der Waals surface area contributed by atoms with E-state index in [1.807, 2.05) is 0 Å². The van der Waals surface area contributed by atoms with Crippen molar-refractivity contribution in [2.24, 2.45) is 5.73 Å². The van der Waals surface area contributed by atoms with Crippen molar-refractivity contribution in [3.63, 3.8) is 0 Å². The second kappa shape index (κ2) is 10.1. The van der Waals surface area contributed by atoms with Gasteiger partial charge in [-0.05, 0) is 42.0 Å². The fourth-order valence-corrected chi connectivity index (χ4v) is 5.13. The summed E-state index contributed by atoms with van der Waals surface area (Å²) in [4.78, 5) is 10.8. The van der Waals surface area contributed by atoms with Gasteiger partial charge in [0.2, 0.25) is 9.84 Å². The average molecular weight is 492 g/mol. The molecule has 1 aromatic heterocycles. The van der Waals surface area contributed by atoms with E-state index in [9.17, 15) is 26.4 Å². The number of hydrogen-bond acceptors (Lipinski definition) is 8. The number of allylic oxidation sites excluding steroid dienone is 2. The Labute approximate surface area is 185 Å². The Morgan fingerprint density at radius 2 is 1.94 bits per heavy atom. The highest BCUT2D eigenvalue weighted by Gasteiger charge is 2.32. The van der Waals surface area contributed by atoms with Gasteiger partial charge in [0, 0.05) is 7.11 Å². The van der Waals surface area contributed by atoms with Gasteiger partial charge in [0.1, 0.15) is 22.3 Å². The lowest BCUT2D eigenvalue weighted by Gasteiger charge is -2.10. The van der Waals surface area contributed by atoms with Gasteiger partial charge < -0.3 is 20.3 Å². The van der Waals surface area contributed by atoms with Crippen LogP contribution in [0.25, 0.3) is 0 Å². The Bertz CT molecular complexity index is 1140. The summed E-state index contributed by atoms with van der Waals surface area (Å²) in [5.41, 5.74) is 2.99. The number of nitrogens with one attached hydrogen (secondary N) is 1. The number of carboxylic acids is 1. The van der Waals surface area contributed by atoms with Crippen molar-refractivity contribution in [1.82, 2.24) is 0 Å². The van der Waals surface area contributed by atoms with E-state index in [2.05, 4.69) is 0 Å². The number of carbonyl (C=O) groups is 1. The SMILES string of the molecule is COCCOc1cc(CC(=O)O)cc(S(=O)(=O)c2ccc(C(=N)/C=C(\N)C(F)(F)F)s2)c1. The Balaban J connectivity index is 2.41. The lowest BCUT2D eigenvalue weighted by atomic mass is 10.1. The number of methoxy groups -OCH3 is 1. The number of aliphatic carboxylic acids is 1. The summed E-state index contributed by atoms with van der Waals surface area (Å²) in [6.07, 6.45) is -4.87. The summed E-state index contributed by atoms with van der Waals surface area (Å²) in [5.74, 6) is -1.06. The first-order valence-electron chi connectivity index (χ1n) is 8.80. The fraction of sp³-hybridized carbons (Fsp3) is 0.263. The van der Waals surface area contributed by atoms with E-state index in [4.69, 9.17) is 25.7 Å². The van der Waals surface area contributed by atoms with Crippen molar-refractivity contribution < 1.29 is 41.0 Å². The molecule has 0 aliphatic carbocycles. The van der Waals surface area contributed by atoms with Gasteiger partial charge in [-0.3, -0.25) is 10.2 Å². The quantitative estimate of drug-likeness (QED) is 0.342. The molecule has 0 saturated heterocycles. The monoisotopic (exact) mass is 492 g/mol. The molecule has 0 atom stereocenters. The van der Waals surface area contributed by atoms with E-state index < -0.39 is 39.8 Å². The standard InChI is InChI=1S/C19H19F3N2O6S2/c1-29-4-5-30-12-6-11(8-17(25)26)7-13(9-12)32(27,28)18-3-2-15(31-18)14(23)10-16(24)19(20,21)22/h2-3,6-7,9-10,23H,4-5,8,24H2,1H3,(H,25,26)/b16-10-,23-14?. The molecule has 0 amide bonds. The largest absolute Gasteiger partial charge is 0.491 e. The normalized spacial score (nSPS) is 12.6. The number of ether oxygens (including phenoxy) is 2. The van der Waals surface area contributed by atoms with Crippen LogP contribution in [0.1, 0.15) is 10.4 Å². The summed E-state index contributed by atoms with van der Waals surface area (Å²) in [6.45, 7) is 0.315. The minimum Gasteiger partial charge on any atom is -0.491 e. The highest BCUT2D eigenvalue weighted by molar-refractivity contribution is 7.93. The number of thiophene rings is 1. The van der Waals surface area contributed by atoms with Crippen LogP contribution in [0.3, 0.4) is 0 Å². The van der Waals surface area contributed by atoms with Crippen LogP contribution in [0.2, 0.25) is 0 Å². The van der Waals surface area contributed by atoms with Crippen molar-refractivity contribution in [1.29, 1.82) is 5.41 Å². The predicted octanol–water partition coefficient (Wildman–Crippen LogP) is 3.01. The topological polar surface area (TPSA) is 140 Å². The first-order valence-corrected chi connectivity index (χ1v) is 11.1. The Morgan fingerprint density at radius 1 is 1.25 bits per heavy atom. The molecule has 174 valence electrons. The summed E-state index contributed by atoms with van der Waals surface area (Å²) in [5, 5.41) is 16.8. The zero-order valence-corrected chi connectivity index (χ0v) is 18.2. The maximum Gasteiger partial charge on any atom is 0.430 e. The van der Waals surface area contributed by atoms with Gasteiger partial charge in [0.05, 0.1) is 28.5 Å². The van der Waals surface area contributed by atoms with Crippen molar-refractivity contribution in [3.05, 3.63) is 52.5 Å². The van der Waals surface area contributed by atoms with E-state index in [-0.39, 0.29) is 38.5 Å². The number of halogens is 3. The molecule has 0 aliphatic rings. The average Bonchev–Trinajstić information content (AvgIpc) is 3.18. The van der Waals surface area contributed by atoms with Gasteiger partial charge in [0.25, 0.3) is 0 Å². The molecule has 0 bridgehead atoms. The first kappa shape index (κ1) is 25.4. The van der Waals surface area contributed by atoms with E-state index >= 15 is 0 Å². The van der Waals surface area contributed by atoms with Crippen LogP contribution in [0.4, 0.5) is 13.2 Å². The second-order valence-electron chi connectivity index (χ2n) is 6.36. The molecular weight excluding hydrogens is 473 g/mol. The molecule has 2 rings (SSSR count). The van der Waals surface area contributed by atoms with Crippen molar-refractivity contribution in [2.75, 3.05) is 20.3 Å². The third-order valence-electron chi connectivity index (χ3n) is 3.90. The minimum absolute atomic E-state index is 0.0472. The Morgan fingerprint density at radius 3 is 2.53 bits per heavy atom. The third kappa shape index (κ3) is 6.55. The second-order valence-corrected chi connectivity index (χ2v) is 9.62. The van der Waals surface area contributed by atoms with Gasteiger partial charge in [-0.15, -0.1) is 11.3 Å². The van der Waals surface area contributed by atoms with Crippen LogP contribution in [0, 0.1) is 5.41 Å². The summed E-state index contributed by atoms with van der Waals surface area (Å²) in [7, 11) is -2.73. The van der Waals surface area contributed by atoms with Crippen molar-refractivity contribution in [2.45, 2.75) is 21.7 Å². The molecule has 0 spiro atoms. The Hall–Kier alpha value is -2.90. The van der Waals surface area contributed by atoms with Gasteiger partial charge in [-0.1, -0.05) is 0 Å². The zero-order chi connectivity index (χ0) is 24.1. The summed E-state index contributed by atoms with van der Waals surface area (Å²) >= 11 is 0.585. The van der Waals surface area contributed by atoms with E-state index in [1.54, 1.807) is 0 Å². The molecule has 1 heterocycles. The molecule has 32 heavy (non-hydrogen) atoms. The maximum absolute atomic E-state index is 13.1. The molecule has 0 aliphatic heterocycles. The van der Waals surface area contributed by atoms with Crippen LogP contribution in [-0.4, -0.2) is 51.7 Å². The molecule has 0 unspecified atom stereocenters. The van der Waals surface area contributed by atoms with E-state index in [0.29, 0.717) is 17.4 Å². The van der Waals surface area contributed by atoms with Crippen LogP contribution < -0.4 is 10.5 Å². The molecule has 0 radical (unpaired) electrons. The van der Waals surface area contributed by atoms with Crippen molar-refractivity contribution in [3.8, 4) is 5.75 Å². The molecule has 13 heteroatoms. The number of alkyl halides is 3. The van der Waals surface area contributed by atoms with Gasteiger partial charge in [0.15, 0.2) is 0 Å². The smallest absolute Gasteiger partial charge is 0.430 e. The first-order chi connectivity index (χ1) is 14.8. The van der Waals surface area contributed by atoms with Crippen LogP contribution in [0.5, 0.6) is 5.75 Å². The minimum atomic E-state index is -4.82. The lowest BCUT2D eigenvalue weighted by Crippen LogP contribution is -2.20. The van der Waals surface area contributed by atoms with E-state index in [1.165, 1.54) is 31.4 Å². The highest BCUT2D eigenvalue weighted by Crippen LogP contribution is 2.32.